The van der Waals surface area contributed by atoms with E-state index in [1.165, 1.54) is 25.7 Å². The average molecular weight is 476 g/mol. The van der Waals surface area contributed by atoms with Gasteiger partial charge in [0.1, 0.15) is 6.61 Å². The fraction of sp³-hybridized carbons (Fsp3) is 0.464. The van der Waals surface area contributed by atoms with Crippen LogP contribution < -0.4 is 15.4 Å². The Balaban J connectivity index is 1.47. The number of nitrogens with one attached hydrogen (secondary N) is 2. The number of likely N-dealkylation sites (N-methyl/N-ethyl adjacent to an activating group) is 1. The quantitative estimate of drug-likeness (QED) is 0.462. The Morgan fingerprint density at radius 3 is 2.49 bits per heavy atom. The Labute approximate surface area is 208 Å². The van der Waals surface area contributed by atoms with Crippen LogP contribution >= 0.6 is 0 Å². The zero-order valence-corrected chi connectivity index (χ0v) is 21.1. The molecule has 2 aromatic heterocycles. The molecule has 35 heavy (non-hydrogen) atoms. The largest absolute Gasteiger partial charge is 0.476 e. The Hall–Kier alpha value is -3.03. The van der Waals surface area contributed by atoms with Crippen molar-refractivity contribution in [1.82, 2.24) is 25.5 Å². The second kappa shape index (κ2) is 12.1. The van der Waals surface area contributed by atoms with Crippen molar-refractivity contribution in [3.63, 3.8) is 0 Å². The lowest BCUT2D eigenvalue weighted by Gasteiger charge is -2.28. The van der Waals surface area contributed by atoms with E-state index >= 15 is 0 Å². The van der Waals surface area contributed by atoms with Crippen molar-refractivity contribution >= 4 is 16.8 Å². The number of pyridine rings is 2. The fourth-order valence-corrected chi connectivity index (χ4v) is 4.72. The van der Waals surface area contributed by atoms with Gasteiger partial charge in [0.05, 0.1) is 16.8 Å². The van der Waals surface area contributed by atoms with Crippen LogP contribution in [0, 0.1) is 11.8 Å². The highest BCUT2D eigenvalue weighted by Crippen LogP contribution is 2.29. The molecular formula is C28H37N5O2. The van der Waals surface area contributed by atoms with Crippen LogP contribution in [0.5, 0.6) is 5.88 Å². The van der Waals surface area contributed by atoms with Crippen LogP contribution in [0.4, 0.5) is 0 Å². The molecule has 2 N–H and O–H groups in total. The highest BCUT2D eigenvalue weighted by molar-refractivity contribution is 6.07. The van der Waals surface area contributed by atoms with Crippen molar-refractivity contribution in [3.8, 4) is 17.1 Å². The van der Waals surface area contributed by atoms with Crippen LogP contribution in [-0.2, 0) is 0 Å². The maximum atomic E-state index is 13.3. The van der Waals surface area contributed by atoms with Crippen molar-refractivity contribution in [1.29, 1.82) is 0 Å². The van der Waals surface area contributed by atoms with E-state index in [0.717, 1.165) is 47.7 Å². The van der Waals surface area contributed by atoms with E-state index < -0.39 is 0 Å². The third kappa shape index (κ3) is 6.77. The van der Waals surface area contributed by atoms with Crippen molar-refractivity contribution in [3.05, 3.63) is 54.2 Å². The lowest BCUT2D eigenvalue weighted by Crippen LogP contribution is -2.32. The molecule has 4 rings (SSSR count). The lowest BCUT2D eigenvalue weighted by molar-refractivity contribution is 0.0943. The van der Waals surface area contributed by atoms with Gasteiger partial charge in [-0.1, -0.05) is 18.2 Å². The van der Waals surface area contributed by atoms with Crippen LogP contribution in [0.25, 0.3) is 22.2 Å². The van der Waals surface area contributed by atoms with Gasteiger partial charge < -0.3 is 20.3 Å². The molecule has 0 unspecified atom stereocenters. The molecule has 1 saturated carbocycles. The predicted molar refractivity (Wildman–Crippen MR) is 141 cm³/mol. The number of nitrogens with zero attached hydrogens (tertiary/aromatic N) is 3. The predicted octanol–water partition coefficient (Wildman–Crippen LogP) is 3.99. The number of para-hydroxylation sites is 1. The highest BCUT2D eigenvalue weighted by Gasteiger charge is 2.22. The third-order valence-electron chi connectivity index (χ3n) is 6.79. The number of hydrogen-bond donors (Lipinski definition) is 2. The third-order valence-corrected chi connectivity index (χ3v) is 6.79. The second-order valence-corrected chi connectivity index (χ2v) is 9.76. The van der Waals surface area contributed by atoms with E-state index in [2.05, 4.69) is 20.5 Å². The van der Waals surface area contributed by atoms with Gasteiger partial charge in [0.25, 0.3) is 5.91 Å². The minimum absolute atomic E-state index is 0.0428. The molecule has 1 aromatic carbocycles. The summed E-state index contributed by atoms with van der Waals surface area (Å²) in [4.78, 5) is 24.6. The molecule has 186 valence electrons. The first kappa shape index (κ1) is 25.1. The Kier molecular flexibility index (Phi) is 8.66. The summed E-state index contributed by atoms with van der Waals surface area (Å²) in [5.41, 5.74) is 3.04. The first-order valence-electron chi connectivity index (χ1n) is 12.6. The molecule has 0 aliphatic heterocycles. The van der Waals surface area contributed by atoms with Crippen LogP contribution in [0.3, 0.4) is 0 Å². The van der Waals surface area contributed by atoms with Gasteiger partial charge in [0.15, 0.2) is 0 Å². The molecule has 1 aliphatic carbocycles. The Bertz CT molecular complexity index is 1110. The zero-order valence-electron chi connectivity index (χ0n) is 21.1. The number of benzene rings is 1. The van der Waals surface area contributed by atoms with Gasteiger partial charge in [0, 0.05) is 36.3 Å². The summed E-state index contributed by atoms with van der Waals surface area (Å²) in [6.07, 6.45) is 6.55. The van der Waals surface area contributed by atoms with E-state index in [-0.39, 0.29) is 5.91 Å². The molecule has 1 aliphatic rings. The van der Waals surface area contributed by atoms with E-state index in [4.69, 9.17) is 9.72 Å². The molecule has 0 atom stereocenters. The monoisotopic (exact) mass is 475 g/mol. The minimum atomic E-state index is -0.0428. The number of fused-ring (bicyclic) bond motifs is 1. The SMILES string of the molecule is CNCC1CCC(CNC(=O)c2cc(-c3ccc(OCCN(C)C)nc3)nc3ccccc23)CC1. The highest BCUT2D eigenvalue weighted by atomic mass is 16.5. The Morgan fingerprint density at radius 1 is 1.06 bits per heavy atom. The number of amides is 1. The summed E-state index contributed by atoms with van der Waals surface area (Å²) in [6.45, 7) is 3.21. The molecule has 0 spiro atoms. The molecule has 0 bridgehead atoms. The molecule has 2 heterocycles. The van der Waals surface area contributed by atoms with E-state index in [0.29, 0.717) is 24.0 Å². The van der Waals surface area contributed by atoms with Crippen molar-refractivity contribution < 1.29 is 9.53 Å². The molecule has 1 fully saturated rings. The number of carbonyl (C=O) groups is 1. The summed E-state index contributed by atoms with van der Waals surface area (Å²) in [5.74, 6) is 1.85. The van der Waals surface area contributed by atoms with Gasteiger partial charge in [-0.05, 0) is 83.4 Å². The van der Waals surface area contributed by atoms with Crippen molar-refractivity contribution in [2.45, 2.75) is 25.7 Å². The van der Waals surface area contributed by atoms with Gasteiger partial charge in [-0.25, -0.2) is 9.97 Å². The molecular weight excluding hydrogens is 438 g/mol. The van der Waals surface area contributed by atoms with Gasteiger partial charge in [-0.3, -0.25) is 4.79 Å². The number of carbonyl (C=O) groups excluding carboxylic acids is 1. The van der Waals surface area contributed by atoms with E-state index in [1.807, 2.05) is 63.6 Å². The number of rotatable bonds is 10. The number of ether oxygens (including phenoxy) is 1. The summed E-state index contributed by atoms with van der Waals surface area (Å²) in [7, 11) is 6.04. The summed E-state index contributed by atoms with van der Waals surface area (Å²) in [5, 5.41) is 7.36. The molecule has 3 aromatic rings. The average Bonchev–Trinajstić information content (AvgIpc) is 2.88. The van der Waals surface area contributed by atoms with Crippen LogP contribution in [0.1, 0.15) is 36.0 Å². The maximum absolute atomic E-state index is 13.3. The lowest BCUT2D eigenvalue weighted by atomic mass is 9.82. The molecule has 0 radical (unpaired) electrons. The van der Waals surface area contributed by atoms with Gasteiger partial charge in [-0.15, -0.1) is 0 Å². The van der Waals surface area contributed by atoms with Crippen LogP contribution in [0.15, 0.2) is 48.7 Å². The van der Waals surface area contributed by atoms with E-state index in [1.54, 1.807) is 6.20 Å². The molecule has 0 saturated heterocycles. The topological polar surface area (TPSA) is 79.4 Å². The van der Waals surface area contributed by atoms with E-state index in [9.17, 15) is 4.79 Å². The first-order valence-corrected chi connectivity index (χ1v) is 12.6. The summed E-state index contributed by atoms with van der Waals surface area (Å²) < 4.78 is 5.71. The standard InChI is InChI=1S/C28H37N5O2/c1-29-17-20-8-10-21(11-9-20)18-31-28(34)24-16-26(32-25-7-5-4-6-23(24)25)22-12-13-27(30-19-22)35-15-14-33(2)3/h4-7,12-13,16,19-21,29H,8-11,14-15,17-18H2,1-3H3,(H,31,34). The Morgan fingerprint density at radius 2 is 1.80 bits per heavy atom. The van der Waals surface area contributed by atoms with Gasteiger partial charge in [-0.2, -0.15) is 0 Å². The molecule has 1 amide bonds. The normalized spacial score (nSPS) is 18.1. The fourth-order valence-electron chi connectivity index (χ4n) is 4.72. The molecule has 7 nitrogen and oxygen atoms in total. The van der Waals surface area contributed by atoms with Crippen molar-refractivity contribution in [2.24, 2.45) is 11.8 Å². The van der Waals surface area contributed by atoms with Crippen LogP contribution in [0.2, 0.25) is 0 Å². The van der Waals surface area contributed by atoms with Gasteiger partial charge >= 0.3 is 0 Å². The minimum Gasteiger partial charge on any atom is -0.476 e. The first-order chi connectivity index (χ1) is 17.0. The number of hydrogen-bond acceptors (Lipinski definition) is 6. The molecule has 7 heteroatoms. The zero-order chi connectivity index (χ0) is 24.6. The number of aromatic nitrogens is 2. The van der Waals surface area contributed by atoms with Gasteiger partial charge in [0.2, 0.25) is 5.88 Å². The van der Waals surface area contributed by atoms with Crippen LogP contribution in [-0.4, -0.2) is 68.2 Å². The summed E-state index contributed by atoms with van der Waals surface area (Å²) in [6, 6.07) is 13.5. The second-order valence-electron chi connectivity index (χ2n) is 9.76. The summed E-state index contributed by atoms with van der Waals surface area (Å²) >= 11 is 0. The maximum Gasteiger partial charge on any atom is 0.252 e. The van der Waals surface area contributed by atoms with Crippen molar-refractivity contribution in [2.75, 3.05) is 47.4 Å². The smallest absolute Gasteiger partial charge is 0.252 e.